The van der Waals surface area contributed by atoms with E-state index in [4.69, 9.17) is 10.5 Å². The number of anilines is 1. The lowest BCUT2D eigenvalue weighted by molar-refractivity contribution is 0.0940. The van der Waals surface area contributed by atoms with Gasteiger partial charge in [0.15, 0.2) is 0 Å². The molecule has 2 heterocycles. The number of amides is 1. The second-order valence-electron chi connectivity index (χ2n) is 4.36. The van der Waals surface area contributed by atoms with E-state index in [1.54, 1.807) is 12.3 Å². The van der Waals surface area contributed by atoms with Gasteiger partial charge in [-0.1, -0.05) is 6.07 Å². The number of ether oxygens (including phenoxy) is 1. The molecule has 0 aliphatic rings. The first-order valence-corrected chi connectivity index (χ1v) is 6.13. The Morgan fingerprint density at radius 2 is 2.35 bits per heavy atom. The van der Waals surface area contributed by atoms with Gasteiger partial charge < -0.3 is 15.8 Å². The monoisotopic (exact) mass is 276 g/mol. The van der Waals surface area contributed by atoms with Gasteiger partial charge in [0.2, 0.25) is 17.7 Å². The van der Waals surface area contributed by atoms with Crippen molar-refractivity contribution in [1.29, 1.82) is 0 Å². The normalized spacial score (nSPS) is 10.6. The van der Waals surface area contributed by atoms with Crippen molar-refractivity contribution in [3.8, 4) is 5.88 Å². The first kappa shape index (κ1) is 13.8. The Morgan fingerprint density at radius 3 is 3.00 bits per heavy atom. The van der Waals surface area contributed by atoms with Crippen molar-refractivity contribution >= 4 is 11.9 Å². The Labute approximate surface area is 115 Å². The molecule has 0 saturated carbocycles. The SMILES string of the molecule is CC(C)Oc1ncccc1CNC(=O)c1nc(N)n[nH]1. The highest BCUT2D eigenvalue weighted by molar-refractivity contribution is 5.90. The Hall–Kier alpha value is -2.64. The summed E-state index contributed by atoms with van der Waals surface area (Å²) in [4.78, 5) is 19.7. The minimum absolute atomic E-state index is 0.00780. The molecule has 2 aromatic rings. The first-order chi connectivity index (χ1) is 9.56. The molecule has 0 unspecified atom stereocenters. The maximum atomic E-state index is 11.8. The number of nitrogens with two attached hydrogens (primary N) is 1. The average Bonchev–Trinajstić information content (AvgIpc) is 2.83. The molecule has 0 radical (unpaired) electrons. The van der Waals surface area contributed by atoms with Crippen molar-refractivity contribution in [2.24, 2.45) is 0 Å². The fraction of sp³-hybridized carbons (Fsp3) is 0.333. The van der Waals surface area contributed by atoms with E-state index < -0.39 is 5.91 Å². The first-order valence-electron chi connectivity index (χ1n) is 6.13. The van der Waals surface area contributed by atoms with Crippen molar-refractivity contribution < 1.29 is 9.53 Å². The number of H-pyrrole nitrogens is 1. The molecule has 2 aromatic heterocycles. The predicted molar refractivity (Wildman–Crippen MR) is 72.0 cm³/mol. The Kier molecular flexibility index (Phi) is 4.14. The fourth-order valence-electron chi connectivity index (χ4n) is 1.52. The Balaban J connectivity index is 2.02. The summed E-state index contributed by atoms with van der Waals surface area (Å²) in [6.07, 6.45) is 1.65. The van der Waals surface area contributed by atoms with E-state index in [-0.39, 0.29) is 24.4 Å². The number of rotatable bonds is 5. The van der Waals surface area contributed by atoms with Crippen molar-refractivity contribution in [3.63, 3.8) is 0 Å². The third-order valence-electron chi connectivity index (χ3n) is 2.35. The molecule has 20 heavy (non-hydrogen) atoms. The van der Waals surface area contributed by atoms with E-state index in [9.17, 15) is 4.79 Å². The van der Waals surface area contributed by atoms with Gasteiger partial charge in [-0.15, -0.1) is 5.10 Å². The van der Waals surface area contributed by atoms with Gasteiger partial charge in [0.25, 0.3) is 5.91 Å². The van der Waals surface area contributed by atoms with Crippen LogP contribution in [0.1, 0.15) is 30.0 Å². The van der Waals surface area contributed by atoms with Crippen molar-refractivity contribution in [2.45, 2.75) is 26.5 Å². The molecular formula is C12H16N6O2. The number of nitrogen functional groups attached to an aromatic ring is 1. The van der Waals surface area contributed by atoms with Crippen LogP contribution in [0.3, 0.4) is 0 Å². The summed E-state index contributed by atoms with van der Waals surface area (Å²) in [5.41, 5.74) is 6.12. The molecule has 0 fully saturated rings. The molecule has 1 amide bonds. The summed E-state index contributed by atoms with van der Waals surface area (Å²) in [6, 6.07) is 3.61. The van der Waals surface area contributed by atoms with Crippen molar-refractivity contribution in [3.05, 3.63) is 29.7 Å². The number of aromatic amines is 1. The van der Waals surface area contributed by atoms with Gasteiger partial charge in [-0.05, 0) is 19.9 Å². The topological polar surface area (TPSA) is 119 Å². The Bertz CT molecular complexity index is 595. The third-order valence-corrected chi connectivity index (χ3v) is 2.35. The second-order valence-corrected chi connectivity index (χ2v) is 4.36. The van der Waals surface area contributed by atoms with Gasteiger partial charge in [0, 0.05) is 18.3 Å². The maximum absolute atomic E-state index is 11.8. The minimum atomic E-state index is -0.395. The van der Waals surface area contributed by atoms with Crippen LogP contribution < -0.4 is 15.8 Å². The Morgan fingerprint density at radius 1 is 1.55 bits per heavy atom. The van der Waals surface area contributed by atoms with E-state index in [0.29, 0.717) is 5.88 Å². The molecule has 0 aromatic carbocycles. The smallest absolute Gasteiger partial charge is 0.288 e. The molecule has 4 N–H and O–H groups in total. The van der Waals surface area contributed by atoms with E-state index in [2.05, 4.69) is 25.5 Å². The number of nitrogens with one attached hydrogen (secondary N) is 2. The highest BCUT2D eigenvalue weighted by atomic mass is 16.5. The summed E-state index contributed by atoms with van der Waals surface area (Å²) >= 11 is 0. The lowest BCUT2D eigenvalue weighted by atomic mass is 10.2. The van der Waals surface area contributed by atoms with E-state index in [1.807, 2.05) is 19.9 Å². The van der Waals surface area contributed by atoms with Crippen LogP contribution >= 0.6 is 0 Å². The third kappa shape index (κ3) is 3.44. The van der Waals surface area contributed by atoms with E-state index in [1.165, 1.54) is 0 Å². The van der Waals surface area contributed by atoms with E-state index in [0.717, 1.165) is 5.56 Å². The molecule has 106 valence electrons. The highest BCUT2D eigenvalue weighted by Crippen LogP contribution is 2.15. The van der Waals surface area contributed by atoms with Crippen LogP contribution in [0.2, 0.25) is 0 Å². The lowest BCUT2D eigenvalue weighted by Gasteiger charge is -2.12. The zero-order chi connectivity index (χ0) is 14.5. The van der Waals surface area contributed by atoms with Gasteiger partial charge in [0.05, 0.1) is 6.10 Å². The highest BCUT2D eigenvalue weighted by Gasteiger charge is 2.12. The van der Waals surface area contributed by atoms with Crippen LogP contribution in [0.25, 0.3) is 0 Å². The van der Waals surface area contributed by atoms with Crippen LogP contribution in [-0.4, -0.2) is 32.2 Å². The standard InChI is InChI=1S/C12H16N6O2/c1-7(2)20-11-8(4-3-5-14-11)6-15-10(19)9-16-12(13)18-17-9/h3-5,7H,6H2,1-2H3,(H,15,19)(H3,13,16,17,18). The number of aromatic nitrogens is 4. The largest absolute Gasteiger partial charge is 0.475 e. The number of hydrogen-bond acceptors (Lipinski definition) is 6. The molecule has 0 aliphatic carbocycles. The summed E-state index contributed by atoms with van der Waals surface area (Å²) in [5, 5.41) is 8.73. The maximum Gasteiger partial charge on any atom is 0.288 e. The van der Waals surface area contributed by atoms with Crippen LogP contribution in [0.4, 0.5) is 5.95 Å². The molecule has 0 atom stereocenters. The molecular weight excluding hydrogens is 260 g/mol. The average molecular weight is 276 g/mol. The molecule has 0 aliphatic heterocycles. The number of hydrogen-bond donors (Lipinski definition) is 3. The van der Waals surface area contributed by atoms with E-state index >= 15 is 0 Å². The zero-order valence-corrected chi connectivity index (χ0v) is 11.3. The summed E-state index contributed by atoms with van der Waals surface area (Å²) in [5.74, 6) is 0.200. The quantitative estimate of drug-likeness (QED) is 0.731. The summed E-state index contributed by atoms with van der Waals surface area (Å²) in [6.45, 7) is 4.10. The number of nitrogens with zero attached hydrogens (tertiary/aromatic N) is 3. The lowest BCUT2D eigenvalue weighted by Crippen LogP contribution is -2.24. The number of carbonyl (C=O) groups excluding carboxylic acids is 1. The minimum Gasteiger partial charge on any atom is -0.475 e. The zero-order valence-electron chi connectivity index (χ0n) is 11.3. The molecule has 2 rings (SSSR count). The van der Waals surface area contributed by atoms with Crippen molar-refractivity contribution in [1.82, 2.24) is 25.5 Å². The molecule has 0 bridgehead atoms. The van der Waals surface area contributed by atoms with Crippen LogP contribution in [0.5, 0.6) is 5.88 Å². The van der Waals surface area contributed by atoms with Gasteiger partial charge in [0.1, 0.15) is 0 Å². The number of pyridine rings is 1. The summed E-state index contributed by atoms with van der Waals surface area (Å²) < 4.78 is 5.57. The number of carbonyl (C=O) groups is 1. The van der Waals surface area contributed by atoms with Crippen molar-refractivity contribution in [2.75, 3.05) is 5.73 Å². The molecule has 8 heteroatoms. The fourth-order valence-corrected chi connectivity index (χ4v) is 1.52. The predicted octanol–water partition coefficient (Wildman–Crippen LogP) is 0.499. The van der Waals surface area contributed by atoms with Gasteiger partial charge in [-0.3, -0.25) is 9.89 Å². The van der Waals surface area contributed by atoms with Crippen LogP contribution in [0, 0.1) is 0 Å². The van der Waals surface area contributed by atoms with Gasteiger partial charge in [-0.2, -0.15) is 4.98 Å². The molecule has 0 spiro atoms. The van der Waals surface area contributed by atoms with Gasteiger partial charge >= 0.3 is 0 Å². The molecule has 0 saturated heterocycles. The van der Waals surface area contributed by atoms with Gasteiger partial charge in [-0.25, -0.2) is 4.98 Å². The van der Waals surface area contributed by atoms with Crippen LogP contribution in [-0.2, 0) is 6.54 Å². The molecule has 8 nitrogen and oxygen atoms in total. The summed E-state index contributed by atoms with van der Waals surface area (Å²) in [7, 11) is 0. The second kappa shape index (κ2) is 6.00. The van der Waals surface area contributed by atoms with Crippen LogP contribution in [0.15, 0.2) is 18.3 Å².